The molecule has 0 spiro atoms. The molecule has 2 aromatic rings. The topological polar surface area (TPSA) is 28.5 Å². The number of para-hydroxylation sites is 1. The average molecular weight is 343 g/mol. The number of carbonyl (C=O) groups is 1. The molecule has 0 N–H and O–H groups in total. The molecule has 2 aliphatic rings. The highest BCUT2D eigenvalue weighted by atomic mass is 32.2. The summed E-state index contributed by atoms with van der Waals surface area (Å²) in [7, 11) is 2.09. The van der Waals surface area contributed by atoms with Crippen molar-refractivity contribution in [3.05, 3.63) is 36.0 Å². The van der Waals surface area contributed by atoms with Gasteiger partial charge in [0.05, 0.1) is 5.75 Å². The van der Waals surface area contributed by atoms with Crippen LogP contribution in [0.25, 0.3) is 10.9 Å². The first-order valence-electron chi connectivity index (χ1n) is 8.91. The number of carbonyl (C=O) groups excluding carboxylic acids is 1. The van der Waals surface area contributed by atoms with Gasteiger partial charge in [0.15, 0.2) is 0 Å². The lowest BCUT2D eigenvalue weighted by Gasteiger charge is -2.25. The number of hydrogen-bond acceptors (Lipinski definition) is 3. The van der Waals surface area contributed by atoms with Crippen LogP contribution < -0.4 is 0 Å². The Morgan fingerprint density at radius 3 is 2.79 bits per heavy atom. The molecule has 0 radical (unpaired) electrons. The Morgan fingerprint density at radius 1 is 1.17 bits per heavy atom. The maximum atomic E-state index is 12.4. The lowest BCUT2D eigenvalue weighted by Crippen LogP contribution is -2.31. The van der Waals surface area contributed by atoms with Gasteiger partial charge in [-0.15, -0.1) is 11.8 Å². The Hall–Kier alpha value is -1.46. The van der Waals surface area contributed by atoms with Crippen LogP contribution in [0.3, 0.4) is 0 Å². The summed E-state index contributed by atoms with van der Waals surface area (Å²) in [5, 5.41) is 1.44. The van der Waals surface area contributed by atoms with Crippen LogP contribution in [0.2, 0.25) is 0 Å². The minimum absolute atomic E-state index is 0.169. The van der Waals surface area contributed by atoms with Crippen LogP contribution in [0, 0.1) is 0 Å². The molecular weight excluding hydrogens is 318 g/mol. The quantitative estimate of drug-likeness (QED) is 0.834. The molecule has 0 bridgehead atoms. The van der Waals surface area contributed by atoms with E-state index >= 15 is 0 Å². The largest absolute Gasteiger partial charge is 0.350 e. The van der Waals surface area contributed by atoms with Gasteiger partial charge in [0, 0.05) is 36.3 Å². The predicted octanol–water partition coefficient (Wildman–Crippen LogP) is 3.24. The van der Waals surface area contributed by atoms with Crippen LogP contribution in [0.15, 0.2) is 30.5 Å². The molecule has 24 heavy (non-hydrogen) atoms. The number of aryl methyl sites for hydroxylation is 1. The Labute approximate surface area is 147 Å². The number of aromatic nitrogens is 1. The Balaban J connectivity index is 1.51. The van der Waals surface area contributed by atoms with E-state index in [9.17, 15) is 4.79 Å². The van der Waals surface area contributed by atoms with E-state index in [1.807, 2.05) is 0 Å². The molecule has 0 saturated carbocycles. The third kappa shape index (κ3) is 2.95. The first-order valence-corrected chi connectivity index (χ1v) is 9.96. The van der Waals surface area contributed by atoms with E-state index < -0.39 is 0 Å². The maximum absolute atomic E-state index is 12.4. The third-order valence-electron chi connectivity index (χ3n) is 5.23. The van der Waals surface area contributed by atoms with Crippen molar-refractivity contribution in [1.82, 2.24) is 14.4 Å². The molecule has 4 rings (SSSR count). The van der Waals surface area contributed by atoms with Crippen LogP contribution in [0.4, 0.5) is 0 Å². The van der Waals surface area contributed by atoms with Gasteiger partial charge >= 0.3 is 0 Å². The second kappa shape index (κ2) is 6.81. The van der Waals surface area contributed by atoms with Gasteiger partial charge < -0.3 is 14.4 Å². The molecule has 5 heteroatoms. The van der Waals surface area contributed by atoms with Crippen LogP contribution >= 0.6 is 11.8 Å². The zero-order chi connectivity index (χ0) is 16.5. The van der Waals surface area contributed by atoms with Gasteiger partial charge in [-0.05, 0) is 45.0 Å². The second-order valence-electron chi connectivity index (χ2n) is 6.87. The SMILES string of the molecule is Cn1cc(C2SCC(=O)N2CCCN2CCCC2)c2ccccc21. The summed E-state index contributed by atoms with van der Waals surface area (Å²) < 4.78 is 2.18. The van der Waals surface area contributed by atoms with Crippen molar-refractivity contribution in [1.29, 1.82) is 0 Å². The van der Waals surface area contributed by atoms with Gasteiger partial charge in [-0.25, -0.2) is 0 Å². The predicted molar refractivity (Wildman–Crippen MR) is 100 cm³/mol. The summed E-state index contributed by atoms with van der Waals surface area (Å²) in [6.07, 6.45) is 5.94. The summed E-state index contributed by atoms with van der Waals surface area (Å²) >= 11 is 1.77. The minimum atomic E-state index is 0.169. The zero-order valence-electron chi connectivity index (χ0n) is 14.3. The summed E-state index contributed by atoms with van der Waals surface area (Å²) in [5.74, 6) is 0.900. The van der Waals surface area contributed by atoms with Crippen LogP contribution in [0.5, 0.6) is 0 Å². The summed E-state index contributed by atoms with van der Waals surface area (Å²) in [6, 6.07) is 8.49. The molecule has 2 saturated heterocycles. The highest BCUT2D eigenvalue weighted by Gasteiger charge is 2.34. The van der Waals surface area contributed by atoms with Gasteiger partial charge in [0.2, 0.25) is 5.91 Å². The molecule has 128 valence electrons. The first kappa shape index (κ1) is 16.0. The molecular formula is C19H25N3OS. The van der Waals surface area contributed by atoms with Crippen LogP contribution in [-0.4, -0.2) is 52.2 Å². The number of amides is 1. The fraction of sp³-hybridized carbons (Fsp3) is 0.526. The smallest absolute Gasteiger partial charge is 0.233 e. The first-order chi connectivity index (χ1) is 11.7. The molecule has 1 atom stereocenters. The van der Waals surface area contributed by atoms with E-state index in [4.69, 9.17) is 0 Å². The van der Waals surface area contributed by atoms with Gasteiger partial charge in [0.1, 0.15) is 5.37 Å². The number of fused-ring (bicyclic) bond motifs is 1. The van der Waals surface area contributed by atoms with E-state index in [1.54, 1.807) is 11.8 Å². The number of nitrogens with zero attached hydrogens (tertiary/aromatic N) is 3. The molecule has 2 aliphatic heterocycles. The van der Waals surface area contributed by atoms with E-state index in [0.717, 1.165) is 19.5 Å². The number of thioether (sulfide) groups is 1. The number of hydrogen-bond donors (Lipinski definition) is 0. The van der Waals surface area contributed by atoms with Crippen molar-refractivity contribution < 1.29 is 4.79 Å². The number of rotatable bonds is 5. The normalized spacial score (nSPS) is 22.1. The van der Waals surface area contributed by atoms with E-state index in [0.29, 0.717) is 11.7 Å². The molecule has 3 heterocycles. The lowest BCUT2D eigenvalue weighted by molar-refractivity contribution is -0.128. The van der Waals surface area contributed by atoms with Gasteiger partial charge in [-0.1, -0.05) is 18.2 Å². The van der Waals surface area contributed by atoms with E-state index in [2.05, 4.69) is 51.9 Å². The monoisotopic (exact) mass is 343 g/mol. The summed E-state index contributed by atoms with van der Waals surface area (Å²) in [4.78, 5) is 17.0. The Kier molecular flexibility index (Phi) is 4.55. The molecule has 0 aliphatic carbocycles. The van der Waals surface area contributed by atoms with E-state index in [1.165, 1.54) is 42.4 Å². The number of likely N-dealkylation sites (tertiary alicyclic amines) is 1. The van der Waals surface area contributed by atoms with Crippen molar-refractivity contribution in [2.45, 2.75) is 24.6 Å². The third-order valence-corrected chi connectivity index (χ3v) is 6.47. The van der Waals surface area contributed by atoms with Crippen LogP contribution in [-0.2, 0) is 11.8 Å². The molecule has 1 aromatic heterocycles. The molecule has 1 aromatic carbocycles. The van der Waals surface area contributed by atoms with Gasteiger partial charge in [-0.2, -0.15) is 0 Å². The van der Waals surface area contributed by atoms with Crippen molar-refractivity contribution in [2.24, 2.45) is 7.05 Å². The maximum Gasteiger partial charge on any atom is 0.233 e. The second-order valence-corrected chi connectivity index (χ2v) is 7.93. The molecule has 1 unspecified atom stereocenters. The van der Waals surface area contributed by atoms with Gasteiger partial charge in [0.25, 0.3) is 0 Å². The molecule has 4 nitrogen and oxygen atoms in total. The molecule has 1 amide bonds. The fourth-order valence-electron chi connectivity index (χ4n) is 3.99. The molecule has 2 fully saturated rings. The number of benzene rings is 1. The fourth-order valence-corrected chi connectivity index (χ4v) is 5.23. The van der Waals surface area contributed by atoms with Crippen molar-refractivity contribution in [2.75, 3.05) is 31.9 Å². The van der Waals surface area contributed by atoms with Crippen molar-refractivity contribution in [3.63, 3.8) is 0 Å². The van der Waals surface area contributed by atoms with Crippen molar-refractivity contribution >= 4 is 28.6 Å². The lowest BCUT2D eigenvalue weighted by atomic mass is 10.1. The van der Waals surface area contributed by atoms with Crippen molar-refractivity contribution in [3.8, 4) is 0 Å². The standard InChI is InChI=1S/C19H25N3OS/c1-20-13-16(15-7-2-3-8-17(15)20)19-22(18(23)14-24-19)12-6-11-21-9-4-5-10-21/h2-3,7-8,13,19H,4-6,9-12,14H2,1H3. The summed E-state index contributed by atoms with van der Waals surface area (Å²) in [5.41, 5.74) is 2.52. The Bertz CT molecular complexity index is 735. The zero-order valence-corrected chi connectivity index (χ0v) is 15.1. The average Bonchev–Trinajstić information content (AvgIpc) is 3.30. The minimum Gasteiger partial charge on any atom is -0.350 e. The highest BCUT2D eigenvalue weighted by Crippen LogP contribution is 2.42. The summed E-state index contributed by atoms with van der Waals surface area (Å²) in [6.45, 7) is 4.46. The van der Waals surface area contributed by atoms with E-state index in [-0.39, 0.29) is 5.37 Å². The van der Waals surface area contributed by atoms with Crippen LogP contribution in [0.1, 0.15) is 30.2 Å². The van der Waals surface area contributed by atoms with Gasteiger partial charge in [-0.3, -0.25) is 4.79 Å². The Morgan fingerprint density at radius 2 is 1.96 bits per heavy atom. The highest BCUT2D eigenvalue weighted by molar-refractivity contribution is 8.00.